The lowest BCUT2D eigenvalue weighted by atomic mass is 10.1. The van der Waals surface area contributed by atoms with Gasteiger partial charge in [0.15, 0.2) is 0 Å². The van der Waals surface area contributed by atoms with E-state index in [1.807, 2.05) is 262 Å². The van der Waals surface area contributed by atoms with Crippen LogP contribution in [0.1, 0.15) is 62.6 Å². The summed E-state index contributed by atoms with van der Waals surface area (Å²) in [5.74, 6) is 0. The summed E-state index contributed by atoms with van der Waals surface area (Å²) in [7, 11) is 0. The number of piperazine rings is 4. The number of aromatic nitrogens is 10. The molecule has 0 amide bonds. The van der Waals surface area contributed by atoms with Gasteiger partial charge in [0.1, 0.15) is 27.9 Å². The molecule has 30 heteroatoms. The fourth-order valence-electron chi connectivity index (χ4n) is 19.8. The summed E-state index contributed by atoms with van der Waals surface area (Å²) in [6, 6.07) is 59.2. The van der Waals surface area contributed by atoms with Crippen molar-refractivity contribution in [3.63, 3.8) is 0 Å². The van der Waals surface area contributed by atoms with Gasteiger partial charge in [0.05, 0.1) is 102 Å². The normalized spacial score (nSPS) is 16.6. The zero-order valence-electron chi connectivity index (χ0n) is 80.5. The Hall–Kier alpha value is -15.6. The molecule has 5 fully saturated rings. The SMILES string of the molecule is CCN1CCN(c2ccc3cc(-c4cc5cnc(C)cn5c4)c(=O)oc3c2)CC1.Cc1ccc2cc(-c3cc4ccc(N5CCNCC5)cc4oc3=O)cn2n1.Cc1ccc2cc(-c3cc4ccc(N5C[C@@H](C)N[C@@H](C)C5)cc4oc3=O)cn2n1.Cc1cn2cc(-c3cc4ccc(N5CCCNCC5)cc4oc3=O)cc2cn1.Cc1cn2cc(-c3cc4ccc(N5CCN[C@H](C)C5)cc4oc3=O)cc2cn1. The third-order valence-electron chi connectivity index (χ3n) is 27.2. The fourth-order valence-corrected chi connectivity index (χ4v) is 19.8. The van der Waals surface area contributed by atoms with Crippen molar-refractivity contribution < 1.29 is 22.1 Å². The molecule has 0 radical (unpaired) electrons. The first-order valence-corrected chi connectivity index (χ1v) is 48.5. The van der Waals surface area contributed by atoms with Crippen LogP contribution in [0.15, 0.2) is 290 Å². The van der Waals surface area contributed by atoms with Crippen LogP contribution in [0.3, 0.4) is 0 Å². The van der Waals surface area contributed by atoms with Crippen LogP contribution in [0.5, 0.6) is 0 Å². The fraction of sp³-hybridized carbons (Fsp3) is 0.279. The molecule has 141 heavy (non-hydrogen) atoms. The molecule has 0 spiro atoms. The molecule has 0 unspecified atom stereocenters. The van der Waals surface area contributed by atoms with Crippen molar-refractivity contribution in [3.8, 4) is 55.6 Å². The molecule has 15 aromatic heterocycles. The summed E-state index contributed by atoms with van der Waals surface area (Å²) < 4.78 is 38.1. The van der Waals surface area contributed by atoms with E-state index in [2.05, 4.69) is 134 Å². The van der Waals surface area contributed by atoms with Gasteiger partial charge in [0.2, 0.25) is 0 Å². The van der Waals surface area contributed by atoms with E-state index in [0.717, 1.165) is 263 Å². The molecule has 25 rings (SSSR count). The van der Waals surface area contributed by atoms with E-state index < -0.39 is 0 Å². The largest absolute Gasteiger partial charge is 0.422 e. The van der Waals surface area contributed by atoms with E-state index in [1.165, 1.54) is 0 Å². The second-order valence-electron chi connectivity index (χ2n) is 37.7. The lowest BCUT2D eigenvalue weighted by molar-refractivity contribution is 0.271. The van der Waals surface area contributed by atoms with E-state index in [-0.39, 0.29) is 28.1 Å². The Morgan fingerprint density at radius 1 is 0.305 bits per heavy atom. The molecule has 716 valence electrons. The monoisotopic (exact) mass is 1880 g/mol. The minimum Gasteiger partial charge on any atom is -0.422 e. The molecule has 20 aromatic rings. The Kier molecular flexibility index (Phi) is 25.6. The molecule has 5 saturated heterocycles. The third kappa shape index (κ3) is 20.0. The van der Waals surface area contributed by atoms with Gasteiger partial charge in [-0.3, -0.25) is 15.0 Å². The van der Waals surface area contributed by atoms with Crippen molar-refractivity contribution in [2.75, 3.05) is 142 Å². The zero-order chi connectivity index (χ0) is 96.8. The Morgan fingerprint density at radius 3 is 0.993 bits per heavy atom. The summed E-state index contributed by atoms with van der Waals surface area (Å²) in [5.41, 5.74) is 23.3. The summed E-state index contributed by atoms with van der Waals surface area (Å²) in [4.78, 5) is 90.6. The number of hydrogen-bond acceptors (Lipinski definition) is 25. The lowest BCUT2D eigenvalue weighted by Crippen LogP contribution is -2.54. The average Bonchev–Trinajstić information content (AvgIpc) is 1.72. The zero-order valence-corrected chi connectivity index (χ0v) is 80.5. The lowest BCUT2D eigenvalue weighted by Gasteiger charge is -2.37. The molecule has 0 saturated carbocycles. The Balaban J connectivity index is 0.000000104. The minimum atomic E-state index is -0.329. The standard InChI is InChI=1S/2C23H24N4O2.2C22H22N4O2.C21H20N4O2/c1-14-4-6-20-8-18(13-27(20)25-14)21-9-17-5-7-19(10-22(17)29-23(21)28)26-11-15(2)24-16(3)12-26;1-3-25-6-8-26(9-7-25)19-5-4-17-11-21(23(28)29-22(17)12-19)18-10-20-13-24-16(2)14-27(20)15-18;1-14-11-25(6-5-23-14)18-4-3-16-8-20(22(27)28-21(16)9-18)17-7-19-10-24-15(2)12-26(19)13-17;1-15-13-26-14-17(9-19(26)12-24-15)20-10-16-3-4-18(11-21(16)28-22(20)27)25-7-2-5-23-6-8-25;1-14-2-4-18-10-16(13-25(18)23-14)19-11-15-3-5-17(12-20(15)27-21(19)26)24-8-6-22-7-9-24/h4-10,13,15-16,24H,11-12H2,1-3H3;4-5,10-15H,3,6-9H2,1-2H3;3-4,7-10,12-14,23H,5-6,11H2,1-2H3;3-4,9-14,23H,2,5-8H2,1H3;2-5,10-13,22H,6-9H2,1H3/t15-,16+;;14-;;/m..1../s1. The van der Waals surface area contributed by atoms with Gasteiger partial charge in [0, 0.05) is 286 Å². The van der Waals surface area contributed by atoms with Gasteiger partial charge in [0.25, 0.3) is 0 Å². The van der Waals surface area contributed by atoms with Gasteiger partial charge in [-0.05, 0) is 220 Å². The van der Waals surface area contributed by atoms with Crippen molar-refractivity contribution >= 4 is 111 Å². The van der Waals surface area contributed by atoms with Crippen LogP contribution in [0.25, 0.3) is 138 Å². The van der Waals surface area contributed by atoms with Crippen LogP contribution in [0, 0.1) is 34.6 Å². The molecule has 20 heterocycles. The van der Waals surface area contributed by atoms with Crippen LogP contribution in [0.4, 0.5) is 28.4 Å². The number of anilines is 5. The molecular formula is C111H112N20O10. The molecular weight excluding hydrogens is 1770 g/mol. The summed E-state index contributed by atoms with van der Waals surface area (Å²) in [5, 5.41) is 27.3. The predicted molar refractivity (Wildman–Crippen MR) is 560 cm³/mol. The van der Waals surface area contributed by atoms with Gasteiger partial charge in [-0.15, -0.1) is 0 Å². The van der Waals surface area contributed by atoms with Gasteiger partial charge in [-0.2, -0.15) is 10.2 Å². The van der Waals surface area contributed by atoms with Crippen molar-refractivity contribution in [1.29, 1.82) is 0 Å². The minimum absolute atomic E-state index is 0.314. The molecule has 3 atom stereocenters. The van der Waals surface area contributed by atoms with Crippen LogP contribution >= 0.6 is 0 Å². The maximum atomic E-state index is 12.7. The van der Waals surface area contributed by atoms with Gasteiger partial charge in [-0.25, -0.2) is 33.0 Å². The number of nitrogens with one attached hydrogen (secondary N) is 4. The van der Waals surface area contributed by atoms with Crippen molar-refractivity contribution in [2.45, 2.75) is 86.9 Å². The van der Waals surface area contributed by atoms with Crippen LogP contribution < -0.4 is 73.9 Å². The van der Waals surface area contributed by atoms with Crippen LogP contribution in [-0.2, 0) is 0 Å². The molecule has 0 aliphatic carbocycles. The Labute approximate surface area is 811 Å². The molecule has 4 N–H and O–H groups in total. The van der Waals surface area contributed by atoms with Crippen molar-refractivity contribution in [1.82, 2.24) is 73.5 Å². The maximum Gasteiger partial charge on any atom is 0.344 e. The van der Waals surface area contributed by atoms with Gasteiger partial charge < -0.3 is 86.0 Å². The summed E-state index contributed by atoms with van der Waals surface area (Å²) in [6.45, 7) is 36.2. The first-order valence-electron chi connectivity index (χ1n) is 48.5. The summed E-state index contributed by atoms with van der Waals surface area (Å²) in [6.07, 6.45) is 22.0. The van der Waals surface area contributed by atoms with E-state index in [9.17, 15) is 24.0 Å². The quantitative estimate of drug-likeness (QED) is 0.0875. The first-order chi connectivity index (χ1) is 68.5. The Bertz CT molecular complexity index is 8260. The molecule has 5 aliphatic rings. The number of fused-ring (bicyclic) bond motifs is 10. The Morgan fingerprint density at radius 2 is 0.624 bits per heavy atom. The average molecular weight is 1890 g/mol. The number of aryl methyl sites for hydroxylation is 5. The van der Waals surface area contributed by atoms with E-state index in [0.29, 0.717) is 73.9 Å². The third-order valence-corrected chi connectivity index (χ3v) is 27.2. The van der Waals surface area contributed by atoms with Crippen molar-refractivity contribution in [3.05, 3.63) is 325 Å². The number of likely N-dealkylation sites (N-methyl/N-ethyl adjacent to an activating group) is 1. The number of hydrogen-bond donors (Lipinski definition) is 4. The second-order valence-corrected chi connectivity index (χ2v) is 37.7. The van der Waals surface area contributed by atoms with E-state index in [1.54, 1.807) is 9.03 Å². The van der Waals surface area contributed by atoms with E-state index >= 15 is 0 Å². The number of rotatable bonds is 11. The number of nitrogens with zero attached hydrogens (tertiary/aromatic N) is 16. The van der Waals surface area contributed by atoms with Gasteiger partial charge in [-0.1, -0.05) is 6.92 Å². The number of benzene rings is 5. The molecule has 5 aliphatic heterocycles. The highest BCUT2D eigenvalue weighted by molar-refractivity contribution is 5.91. The highest BCUT2D eigenvalue weighted by Crippen LogP contribution is 2.35. The predicted octanol–water partition coefficient (Wildman–Crippen LogP) is 16.4. The smallest absolute Gasteiger partial charge is 0.344 e. The first kappa shape index (κ1) is 91.8. The highest BCUT2D eigenvalue weighted by Gasteiger charge is 2.26. The maximum absolute atomic E-state index is 12.7. The topological polar surface area (TPSA) is 305 Å². The molecule has 30 nitrogen and oxygen atoms in total. The van der Waals surface area contributed by atoms with Crippen molar-refractivity contribution in [2.24, 2.45) is 0 Å². The second kappa shape index (κ2) is 39.4. The van der Waals surface area contributed by atoms with Crippen LogP contribution in [0.2, 0.25) is 0 Å². The van der Waals surface area contributed by atoms with Crippen LogP contribution in [-0.4, -0.2) is 188 Å². The van der Waals surface area contributed by atoms with Gasteiger partial charge >= 0.3 is 28.1 Å². The molecule has 0 bridgehead atoms. The highest BCUT2D eigenvalue weighted by atomic mass is 16.4. The molecule has 5 aromatic carbocycles. The summed E-state index contributed by atoms with van der Waals surface area (Å²) >= 11 is 0. The van der Waals surface area contributed by atoms with E-state index in [4.69, 9.17) is 22.1 Å².